The van der Waals surface area contributed by atoms with Crippen molar-refractivity contribution in [2.45, 2.75) is 19.4 Å². The van der Waals surface area contributed by atoms with Crippen LogP contribution in [0.4, 0.5) is 5.82 Å². The zero-order valence-electron chi connectivity index (χ0n) is 10.4. The first-order chi connectivity index (χ1) is 8.28. The third kappa shape index (κ3) is 3.68. The molecular weight excluding hydrogens is 214 g/mol. The van der Waals surface area contributed by atoms with Crippen LogP contribution in [0.5, 0.6) is 0 Å². The highest BCUT2D eigenvalue weighted by molar-refractivity contribution is 5.31. The minimum Gasteiger partial charge on any atom is -0.384 e. The van der Waals surface area contributed by atoms with Crippen molar-refractivity contribution in [3.05, 3.63) is 23.9 Å². The van der Waals surface area contributed by atoms with E-state index < -0.39 is 0 Å². The summed E-state index contributed by atoms with van der Waals surface area (Å²) in [7, 11) is 1.78. The number of ether oxygens (including phenoxy) is 1. The van der Waals surface area contributed by atoms with Crippen LogP contribution in [0.2, 0.25) is 0 Å². The Bertz CT molecular complexity index is 354. The molecule has 1 unspecified atom stereocenters. The minimum atomic E-state index is 0.605. The SMILES string of the molecule is COCC1CCCN(Cc2ccnc(N)c2)C1. The van der Waals surface area contributed by atoms with Crippen LogP contribution in [0.25, 0.3) is 0 Å². The van der Waals surface area contributed by atoms with Crippen LogP contribution in [-0.4, -0.2) is 36.7 Å². The van der Waals surface area contributed by atoms with E-state index in [0.717, 1.165) is 19.7 Å². The van der Waals surface area contributed by atoms with Gasteiger partial charge in [0.25, 0.3) is 0 Å². The Kier molecular flexibility index (Phi) is 4.34. The number of hydrogen-bond acceptors (Lipinski definition) is 4. The number of aromatic nitrogens is 1. The highest BCUT2D eigenvalue weighted by Crippen LogP contribution is 2.18. The van der Waals surface area contributed by atoms with E-state index in [-0.39, 0.29) is 0 Å². The lowest BCUT2D eigenvalue weighted by atomic mass is 9.98. The minimum absolute atomic E-state index is 0.605. The summed E-state index contributed by atoms with van der Waals surface area (Å²) in [6, 6.07) is 4.00. The molecule has 4 heteroatoms. The van der Waals surface area contributed by atoms with Crippen molar-refractivity contribution in [2.75, 3.05) is 32.5 Å². The van der Waals surface area contributed by atoms with E-state index in [1.165, 1.54) is 24.9 Å². The van der Waals surface area contributed by atoms with Crippen LogP contribution in [-0.2, 0) is 11.3 Å². The van der Waals surface area contributed by atoms with Crippen LogP contribution in [0.15, 0.2) is 18.3 Å². The molecule has 0 saturated carbocycles. The van der Waals surface area contributed by atoms with E-state index in [1.54, 1.807) is 13.3 Å². The van der Waals surface area contributed by atoms with E-state index in [0.29, 0.717) is 11.7 Å². The van der Waals surface area contributed by atoms with Crippen LogP contribution < -0.4 is 5.73 Å². The number of piperidine rings is 1. The van der Waals surface area contributed by atoms with Gasteiger partial charge >= 0.3 is 0 Å². The summed E-state index contributed by atoms with van der Waals surface area (Å²) < 4.78 is 5.24. The largest absolute Gasteiger partial charge is 0.384 e. The fourth-order valence-corrected chi connectivity index (χ4v) is 2.52. The molecule has 2 N–H and O–H groups in total. The Hall–Kier alpha value is -1.13. The van der Waals surface area contributed by atoms with Gasteiger partial charge in [-0.25, -0.2) is 4.98 Å². The first-order valence-corrected chi connectivity index (χ1v) is 6.19. The summed E-state index contributed by atoms with van der Waals surface area (Å²) in [6.45, 7) is 4.13. The molecule has 1 aromatic rings. The second-order valence-corrected chi connectivity index (χ2v) is 4.79. The van der Waals surface area contributed by atoms with Gasteiger partial charge < -0.3 is 10.5 Å². The van der Waals surface area contributed by atoms with Gasteiger partial charge in [0.05, 0.1) is 6.61 Å². The van der Waals surface area contributed by atoms with Gasteiger partial charge in [-0.2, -0.15) is 0 Å². The number of nitrogens with zero attached hydrogens (tertiary/aromatic N) is 2. The molecule has 4 nitrogen and oxygen atoms in total. The predicted octanol–water partition coefficient (Wildman–Crippen LogP) is 1.52. The summed E-state index contributed by atoms with van der Waals surface area (Å²) >= 11 is 0. The lowest BCUT2D eigenvalue weighted by molar-refractivity contribution is 0.0874. The van der Waals surface area contributed by atoms with E-state index in [2.05, 4.69) is 9.88 Å². The van der Waals surface area contributed by atoms with Gasteiger partial charge in [-0.1, -0.05) is 0 Å². The number of likely N-dealkylation sites (tertiary alicyclic amines) is 1. The summed E-state index contributed by atoms with van der Waals surface area (Å²) in [5.74, 6) is 1.28. The van der Waals surface area contributed by atoms with E-state index in [1.807, 2.05) is 12.1 Å². The molecule has 1 atom stereocenters. The van der Waals surface area contributed by atoms with Gasteiger partial charge in [-0.05, 0) is 43.0 Å². The van der Waals surface area contributed by atoms with Crippen molar-refractivity contribution in [3.63, 3.8) is 0 Å². The molecule has 17 heavy (non-hydrogen) atoms. The maximum atomic E-state index is 5.69. The lowest BCUT2D eigenvalue weighted by Gasteiger charge is -2.32. The zero-order valence-corrected chi connectivity index (χ0v) is 10.4. The van der Waals surface area contributed by atoms with E-state index in [4.69, 9.17) is 10.5 Å². The Balaban J connectivity index is 1.90. The fraction of sp³-hybridized carbons (Fsp3) is 0.615. The molecule has 0 bridgehead atoms. The van der Waals surface area contributed by atoms with E-state index >= 15 is 0 Å². The van der Waals surface area contributed by atoms with Crippen molar-refractivity contribution in [1.29, 1.82) is 0 Å². The smallest absolute Gasteiger partial charge is 0.123 e. The van der Waals surface area contributed by atoms with Gasteiger partial charge in [0, 0.05) is 26.4 Å². The van der Waals surface area contributed by atoms with Crippen molar-refractivity contribution < 1.29 is 4.74 Å². The molecule has 1 aliphatic rings. The maximum Gasteiger partial charge on any atom is 0.123 e. The first-order valence-electron chi connectivity index (χ1n) is 6.19. The number of rotatable bonds is 4. The lowest BCUT2D eigenvalue weighted by Crippen LogP contribution is -2.36. The third-order valence-electron chi connectivity index (χ3n) is 3.26. The van der Waals surface area contributed by atoms with Gasteiger partial charge in [-0.15, -0.1) is 0 Å². The summed E-state index contributed by atoms with van der Waals surface area (Å²) in [6.07, 6.45) is 4.32. The predicted molar refractivity (Wildman–Crippen MR) is 68.5 cm³/mol. The Morgan fingerprint density at radius 2 is 2.47 bits per heavy atom. The summed E-state index contributed by atoms with van der Waals surface area (Å²) in [5.41, 5.74) is 6.93. The summed E-state index contributed by atoms with van der Waals surface area (Å²) in [5, 5.41) is 0. The molecule has 0 aliphatic carbocycles. The van der Waals surface area contributed by atoms with Crippen molar-refractivity contribution in [1.82, 2.24) is 9.88 Å². The molecule has 1 aliphatic heterocycles. The Morgan fingerprint density at radius 3 is 3.24 bits per heavy atom. The molecule has 2 heterocycles. The van der Waals surface area contributed by atoms with Crippen LogP contribution in [0.1, 0.15) is 18.4 Å². The number of nitrogen functional groups attached to an aromatic ring is 1. The number of hydrogen-bond donors (Lipinski definition) is 1. The zero-order chi connectivity index (χ0) is 12.1. The monoisotopic (exact) mass is 235 g/mol. The van der Waals surface area contributed by atoms with Crippen LogP contribution in [0, 0.1) is 5.92 Å². The molecule has 0 radical (unpaired) electrons. The fourth-order valence-electron chi connectivity index (χ4n) is 2.52. The average molecular weight is 235 g/mol. The highest BCUT2D eigenvalue weighted by atomic mass is 16.5. The quantitative estimate of drug-likeness (QED) is 0.859. The molecule has 2 rings (SSSR count). The van der Waals surface area contributed by atoms with Gasteiger partial charge in [0.15, 0.2) is 0 Å². The highest BCUT2D eigenvalue weighted by Gasteiger charge is 2.19. The van der Waals surface area contributed by atoms with Crippen molar-refractivity contribution >= 4 is 5.82 Å². The molecule has 0 aromatic carbocycles. The number of methoxy groups -OCH3 is 1. The molecule has 1 aromatic heterocycles. The Labute approximate surface area is 103 Å². The van der Waals surface area contributed by atoms with E-state index in [9.17, 15) is 0 Å². The third-order valence-corrected chi connectivity index (χ3v) is 3.26. The molecule has 1 saturated heterocycles. The molecular formula is C13H21N3O. The maximum absolute atomic E-state index is 5.69. The topological polar surface area (TPSA) is 51.4 Å². The van der Waals surface area contributed by atoms with Crippen LogP contribution in [0.3, 0.4) is 0 Å². The normalized spacial score (nSPS) is 21.6. The van der Waals surface area contributed by atoms with Gasteiger partial charge in [0.1, 0.15) is 5.82 Å². The molecule has 0 spiro atoms. The molecule has 94 valence electrons. The van der Waals surface area contributed by atoms with Gasteiger partial charge in [0.2, 0.25) is 0 Å². The second-order valence-electron chi connectivity index (χ2n) is 4.79. The van der Waals surface area contributed by atoms with Crippen molar-refractivity contribution in [2.24, 2.45) is 5.92 Å². The van der Waals surface area contributed by atoms with Gasteiger partial charge in [-0.3, -0.25) is 4.90 Å². The number of nitrogens with two attached hydrogens (primary N) is 1. The first kappa shape index (κ1) is 12.3. The van der Waals surface area contributed by atoms with Crippen LogP contribution >= 0.6 is 0 Å². The molecule has 0 amide bonds. The van der Waals surface area contributed by atoms with Crippen molar-refractivity contribution in [3.8, 4) is 0 Å². The molecule has 1 fully saturated rings. The summed E-state index contributed by atoms with van der Waals surface area (Å²) in [4.78, 5) is 6.49. The standard InChI is InChI=1S/C13H21N3O/c1-17-10-12-3-2-6-16(9-12)8-11-4-5-15-13(14)7-11/h4-5,7,12H,2-3,6,8-10H2,1H3,(H2,14,15). The number of pyridine rings is 1. The second kappa shape index (κ2) is 5.98. The average Bonchev–Trinajstić information content (AvgIpc) is 2.30. The number of anilines is 1. The Morgan fingerprint density at radius 1 is 1.59 bits per heavy atom.